The first-order chi connectivity index (χ1) is 8.13. The molecule has 0 aliphatic heterocycles. The average molecular weight is 259 g/mol. The zero-order chi connectivity index (χ0) is 12.8. The van der Waals surface area contributed by atoms with Gasteiger partial charge < -0.3 is 14.2 Å². The summed E-state index contributed by atoms with van der Waals surface area (Å²) in [5.74, 6) is 0.644. The van der Waals surface area contributed by atoms with Gasteiger partial charge in [-0.05, 0) is 24.6 Å². The third kappa shape index (κ3) is 3.27. The van der Waals surface area contributed by atoms with Crippen molar-refractivity contribution in [3.63, 3.8) is 0 Å². The van der Waals surface area contributed by atoms with Crippen molar-refractivity contribution in [1.29, 1.82) is 0 Å². The first-order valence-corrected chi connectivity index (χ1v) is 5.60. The Morgan fingerprint density at radius 3 is 2.47 bits per heavy atom. The Morgan fingerprint density at radius 2 is 1.94 bits per heavy atom. The van der Waals surface area contributed by atoms with Crippen LogP contribution in [-0.4, -0.2) is 26.8 Å². The fourth-order valence-electron chi connectivity index (χ4n) is 1.36. The van der Waals surface area contributed by atoms with Crippen molar-refractivity contribution in [1.82, 2.24) is 0 Å². The Kier molecular flexibility index (Phi) is 5.10. The molecule has 0 N–H and O–H groups in total. The molecule has 0 heterocycles. The number of esters is 1. The molecule has 5 heteroatoms. The number of carbonyl (C=O) groups excluding carboxylic acids is 1. The molecule has 0 saturated carbocycles. The molecular formula is C12H15ClO4. The highest BCUT2D eigenvalue weighted by atomic mass is 35.5. The van der Waals surface area contributed by atoms with Crippen LogP contribution in [0.3, 0.4) is 0 Å². The van der Waals surface area contributed by atoms with Crippen molar-refractivity contribution in [3.05, 3.63) is 23.8 Å². The van der Waals surface area contributed by atoms with Crippen LogP contribution in [0, 0.1) is 0 Å². The van der Waals surface area contributed by atoms with Gasteiger partial charge in [-0.2, -0.15) is 0 Å². The molecular weight excluding hydrogens is 244 g/mol. The summed E-state index contributed by atoms with van der Waals surface area (Å²) in [6.07, 6.45) is 0. The molecule has 1 rings (SSSR count). The van der Waals surface area contributed by atoms with E-state index in [-0.39, 0.29) is 0 Å². The molecule has 0 spiro atoms. The third-order valence-electron chi connectivity index (χ3n) is 2.19. The highest BCUT2D eigenvalue weighted by molar-refractivity contribution is 6.30. The Labute approximate surface area is 105 Å². The number of hydrogen-bond donors (Lipinski definition) is 0. The standard InChI is InChI=1S/C12H15ClO4/c1-4-17-12(14)11(13)8-5-6-9(15-2)10(7-8)16-3/h5-7,11H,4H2,1-3H3. The molecule has 0 fully saturated rings. The molecule has 1 aromatic carbocycles. The van der Waals surface area contributed by atoms with Crippen LogP contribution in [0.1, 0.15) is 17.9 Å². The van der Waals surface area contributed by atoms with Gasteiger partial charge in [0.05, 0.1) is 20.8 Å². The van der Waals surface area contributed by atoms with E-state index in [4.69, 9.17) is 25.8 Å². The Hall–Kier alpha value is -1.42. The number of benzene rings is 1. The summed E-state index contributed by atoms with van der Waals surface area (Å²) in [4.78, 5) is 11.5. The number of halogens is 1. The van der Waals surface area contributed by atoms with Crippen LogP contribution in [0.4, 0.5) is 0 Å². The van der Waals surface area contributed by atoms with Gasteiger partial charge in [-0.1, -0.05) is 6.07 Å². The second-order valence-electron chi connectivity index (χ2n) is 3.23. The van der Waals surface area contributed by atoms with Crippen LogP contribution >= 0.6 is 11.6 Å². The second-order valence-corrected chi connectivity index (χ2v) is 3.67. The lowest BCUT2D eigenvalue weighted by molar-refractivity contribution is -0.142. The molecule has 17 heavy (non-hydrogen) atoms. The molecule has 0 aliphatic rings. The predicted octanol–water partition coefficient (Wildman–Crippen LogP) is 2.55. The van der Waals surface area contributed by atoms with Gasteiger partial charge in [0.1, 0.15) is 0 Å². The highest BCUT2D eigenvalue weighted by Crippen LogP contribution is 2.32. The summed E-state index contributed by atoms with van der Waals surface area (Å²) >= 11 is 5.99. The van der Waals surface area contributed by atoms with Crippen molar-refractivity contribution >= 4 is 17.6 Å². The molecule has 1 atom stereocenters. The molecule has 0 aliphatic carbocycles. The zero-order valence-corrected chi connectivity index (χ0v) is 10.8. The number of rotatable bonds is 5. The van der Waals surface area contributed by atoms with Gasteiger partial charge in [-0.25, -0.2) is 0 Å². The number of hydrogen-bond acceptors (Lipinski definition) is 4. The largest absolute Gasteiger partial charge is 0.493 e. The molecule has 1 unspecified atom stereocenters. The van der Waals surface area contributed by atoms with Gasteiger partial charge in [0.2, 0.25) is 0 Å². The lowest BCUT2D eigenvalue weighted by Crippen LogP contribution is -2.11. The average Bonchev–Trinajstić information content (AvgIpc) is 2.37. The Bertz CT molecular complexity index is 392. The monoisotopic (exact) mass is 258 g/mol. The van der Waals surface area contributed by atoms with Crippen molar-refractivity contribution in [2.45, 2.75) is 12.3 Å². The highest BCUT2D eigenvalue weighted by Gasteiger charge is 2.20. The van der Waals surface area contributed by atoms with E-state index in [9.17, 15) is 4.79 Å². The summed E-state index contributed by atoms with van der Waals surface area (Å²) in [7, 11) is 3.07. The molecule has 0 radical (unpaired) electrons. The van der Waals surface area contributed by atoms with E-state index in [1.165, 1.54) is 7.11 Å². The Balaban J connectivity index is 2.95. The number of methoxy groups -OCH3 is 2. The van der Waals surface area contributed by atoms with Gasteiger partial charge in [0.25, 0.3) is 0 Å². The normalized spacial score (nSPS) is 11.8. The minimum Gasteiger partial charge on any atom is -0.493 e. The molecule has 4 nitrogen and oxygen atoms in total. The summed E-state index contributed by atoms with van der Waals surface area (Å²) in [5, 5.41) is -0.838. The first-order valence-electron chi connectivity index (χ1n) is 5.16. The van der Waals surface area contributed by atoms with Gasteiger partial charge in [0, 0.05) is 0 Å². The van der Waals surface area contributed by atoms with E-state index in [1.807, 2.05) is 0 Å². The minimum absolute atomic E-state index is 0.301. The van der Waals surface area contributed by atoms with Crippen molar-refractivity contribution < 1.29 is 19.0 Å². The van der Waals surface area contributed by atoms with Gasteiger partial charge in [-0.3, -0.25) is 4.79 Å². The molecule has 0 saturated heterocycles. The summed E-state index contributed by atoms with van der Waals surface area (Å²) < 4.78 is 15.1. The number of alkyl halides is 1. The van der Waals surface area contributed by atoms with E-state index in [0.717, 1.165) is 0 Å². The van der Waals surface area contributed by atoms with Gasteiger partial charge in [0.15, 0.2) is 16.9 Å². The SMILES string of the molecule is CCOC(=O)C(Cl)c1ccc(OC)c(OC)c1. The fraction of sp³-hybridized carbons (Fsp3) is 0.417. The Morgan fingerprint density at radius 1 is 1.29 bits per heavy atom. The molecule has 0 bridgehead atoms. The van der Waals surface area contributed by atoms with Crippen LogP contribution < -0.4 is 9.47 Å². The topological polar surface area (TPSA) is 44.8 Å². The van der Waals surface area contributed by atoms with E-state index >= 15 is 0 Å². The summed E-state index contributed by atoms with van der Waals surface area (Å²) in [5.41, 5.74) is 0.614. The fourth-order valence-corrected chi connectivity index (χ4v) is 1.56. The van der Waals surface area contributed by atoms with Crippen LogP contribution in [0.5, 0.6) is 11.5 Å². The van der Waals surface area contributed by atoms with E-state index in [0.29, 0.717) is 23.7 Å². The lowest BCUT2D eigenvalue weighted by atomic mass is 10.1. The van der Waals surface area contributed by atoms with Gasteiger partial charge in [-0.15, -0.1) is 11.6 Å². The molecule has 0 amide bonds. The molecule has 94 valence electrons. The van der Waals surface area contributed by atoms with Gasteiger partial charge >= 0.3 is 5.97 Å². The maximum atomic E-state index is 11.5. The summed E-state index contributed by atoms with van der Waals surface area (Å²) in [6, 6.07) is 5.06. The second kappa shape index (κ2) is 6.35. The smallest absolute Gasteiger partial charge is 0.328 e. The zero-order valence-electron chi connectivity index (χ0n) is 10.0. The van der Waals surface area contributed by atoms with E-state index in [2.05, 4.69) is 0 Å². The number of carbonyl (C=O) groups is 1. The van der Waals surface area contributed by atoms with E-state index in [1.54, 1.807) is 32.2 Å². The quantitative estimate of drug-likeness (QED) is 0.601. The van der Waals surface area contributed by atoms with Crippen molar-refractivity contribution in [2.75, 3.05) is 20.8 Å². The van der Waals surface area contributed by atoms with Crippen LogP contribution in [0.2, 0.25) is 0 Å². The van der Waals surface area contributed by atoms with Crippen molar-refractivity contribution in [3.8, 4) is 11.5 Å². The van der Waals surface area contributed by atoms with Crippen LogP contribution in [0.25, 0.3) is 0 Å². The van der Waals surface area contributed by atoms with Crippen LogP contribution in [0.15, 0.2) is 18.2 Å². The maximum absolute atomic E-state index is 11.5. The van der Waals surface area contributed by atoms with Crippen LogP contribution in [-0.2, 0) is 9.53 Å². The van der Waals surface area contributed by atoms with E-state index < -0.39 is 11.3 Å². The third-order valence-corrected chi connectivity index (χ3v) is 2.62. The van der Waals surface area contributed by atoms with Crippen molar-refractivity contribution in [2.24, 2.45) is 0 Å². The minimum atomic E-state index is -0.838. The maximum Gasteiger partial charge on any atom is 0.328 e. The first kappa shape index (κ1) is 13.6. The molecule has 0 aromatic heterocycles. The number of ether oxygens (including phenoxy) is 3. The predicted molar refractivity (Wildman–Crippen MR) is 64.8 cm³/mol. The summed E-state index contributed by atoms with van der Waals surface area (Å²) in [6.45, 7) is 2.03. The molecule has 1 aromatic rings. The lowest BCUT2D eigenvalue weighted by Gasteiger charge is -2.12.